The van der Waals surface area contributed by atoms with E-state index >= 15 is 0 Å². The van der Waals surface area contributed by atoms with Crippen LogP contribution in [0.1, 0.15) is 63.0 Å². The minimum atomic E-state index is -3.94. The fourth-order valence-electron chi connectivity index (χ4n) is 8.93. The summed E-state index contributed by atoms with van der Waals surface area (Å²) in [6, 6.07) is 26.7. The number of rotatable bonds is 12. The van der Waals surface area contributed by atoms with Gasteiger partial charge in [-0.25, -0.2) is 38.5 Å². The standard InChI is InChI=1S/C29H42N4O6S2.C25H36N4O4S2.C4H8O/c1-6-21-39-29(34)31-17-7-19-32(40(35,36)27-13-9-24(2)10-14-27)22-25(3)23-33(20-8-18-31)41(37,38)28-15-11-26(12-16-28)30(4)5;1-21-7-11-24(12-8-21)34(30,31)28-17-5-15-26-16-6-18-29(20-22(2)19-28)35(32,33)25-13-9-23(10-14-25)27(3)4;1-2-4-5-3-1/h9-16H,3,6-8,17-23H2,1-2,4-5H3;7-14,26H,2,5-6,15-20H2,1,3-4H3;1-4H2. The van der Waals surface area contributed by atoms with Crippen molar-refractivity contribution >= 4 is 57.6 Å². The van der Waals surface area contributed by atoms with Gasteiger partial charge in [-0.15, -0.1) is 0 Å². The quantitative estimate of drug-likeness (QED) is 0.137. The number of ether oxygens (including phenoxy) is 2. The van der Waals surface area contributed by atoms with Gasteiger partial charge in [-0.2, -0.15) is 17.2 Å². The van der Waals surface area contributed by atoms with Crippen molar-refractivity contribution in [3.8, 4) is 0 Å². The van der Waals surface area contributed by atoms with E-state index in [1.807, 2.05) is 58.8 Å². The van der Waals surface area contributed by atoms with Crippen LogP contribution in [0.15, 0.2) is 141 Å². The zero-order valence-corrected chi connectivity index (χ0v) is 51.7. The molecule has 0 radical (unpaired) electrons. The minimum absolute atomic E-state index is 0.0533. The highest BCUT2D eigenvalue weighted by molar-refractivity contribution is 7.90. The first-order valence-corrected chi connectivity index (χ1v) is 33.4. The number of hydrogen-bond donors (Lipinski definition) is 1. The molecular formula is C58H86N8O11S4. The Morgan fingerprint density at radius 3 is 1.09 bits per heavy atom. The normalized spacial score (nSPS) is 17.8. The topological polar surface area (TPSA) is 207 Å². The monoisotopic (exact) mass is 1200 g/mol. The number of nitrogens with zero attached hydrogens (tertiary/aromatic N) is 7. The second-order valence-electron chi connectivity index (χ2n) is 20.8. The fourth-order valence-corrected chi connectivity index (χ4v) is 14.9. The number of nitrogens with one attached hydrogen (secondary N) is 1. The van der Waals surface area contributed by atoms with Crippen molar-refractivity contribution < 1.29 is 47.9 Å². The molecule has 1 N–H and O–H groups in total. The third-order valence-electron chi connectivity index (χ3n) is 13.6. The number of aryl methyl sites for hydroxylation is 2. The molecule has 3 aliphatic heterocycles. The molecule has 4 aromatic carbocycles. The van der Waals surface area contributed by atoms with Gasteiger partial charge < -0.3 is 29.5 Å². The van der Waals surface area contributed by atoms with Crippen LogP contribution in [0.4, 0.5) is 16.2 Å². The van der Waals surface area contributed by atoms with Gasteiger partial charge in [0, 0.05) is 118 Å². The first-order valence-electron chi connectivity index (χ1n) is 27.6. The molecule has 0 aliphatic carbocycles. The van der Waals surface area contributed by atoms with Crippen LogP contribution in [-0.2, 0) is 49.6 Å². The summed E-state index contributed by atoms with van der Waals surface area (Å²) < 4.78 is 124. The van der Waals surface area contributed by atoms with Gasteiger partial charge in [-0.1, -0.05) is 55.5 Å². The Morgan fingerprint density at radius 1 is 0.494 bits per heavy atom. The number of carbonyl (C=O) groups excluding carboxylic acids is 1. The lowest BCUT2D eigenvalue weighted by atomic mass is 10.2. The number of carbonyl (C=O) groups is 1. The highest BCUT2D eigenvalue weighted by Gasteiger charge is 2.32. The summed E-state index contributed by atoms with van der Waals surface area (Å²) in [6.45, 7) is 18.8. The van der Waals surface area contributed by atoms with Crippen LogP contribution in [0.5, 0.6) is 0 Å². The molecule has 19 nitrogen and oxygen atoms in total. The third kappa shape index (κ3) is 19.7. The lowest BCUT2D eigenvalue weighted by Gasteiger charge is -2.30. The predicted octanol–water partition coefficient (Wildman–Crippen LogP) is 7.42. The Kier molecular flexibility index (Phi) is 25.9. The van der Waals surface area contributed by atoms with E-state index in [4.69, 9.17) is 9.47 Å². The lowest BCUT2D eigenvalue weighted by molar-refractivity contribution is 0.100. The van der Waals surface area contributed by atoms with E-state index < -0.39 is 46.2 Å². The molecule has 7 rings (SSSR count). The maximum Gasteiger partial charge on any atom is 0.409 e. The van der Waals surface area contributed by atoms with Gasteiger partial charge in [-0.3, -0.25) is 0 Å². The van der Waals surface area contributed by atoms with Crippen molar-refractivity contribution in [2.45, 2.75) is 85.3 Å². The molecule has 3 fully saturated rings. The van der Waals surface area contributed by atoms with E-state index in [1.54, 1.807) is 97.1 Å². The van der Waals surface area contributed by atoms with Gasteiger partial charge in [0.2, 0.25) is 40.1 Å². The van der Waals surface area contributed by atoms with Gasteiger partial charge in [0.15, 0.2) is 0 Å². The van der Waals surface area contributed by atoms with Crippen molar-refractivity contribution in [2.75, 3.05) is 136 Å². The van der Waals surface area contributed by atoms with Crippen molar-refractivity contribution in [3.05, 3.63) is 132 Å². The van der Waals surface area contributed by atoms with Crippen LogP contribution in [0.25, 0.3) is 0 Å². The molecule has 3 heterocycles. The molecule has 0 spiro atoms. The second-order valence-corrected chi connectivity index (χ2v) is 28.6. The highest BCUT2D eigenvalue weighted by atomic mass is 32.2. The third-order valence-corrected chi connectivity index (χ3v) is 21.0. The number of benzene rings is 4. The molecule has 0 atom stereocenters. The summed E-state index contributed by atoms with van der Waals surface area (Å²) in [7, 11) is -7.83. The average molecular weight is 1200 g/mol. The molecule has 1 amide bonds. The highest BCUT2D eigenvalue weighted by Crippen LogP contribution is 2.26. The Balaban J connectivity index is 0.000000276. The van der Waals surface area contributed by atoms with Gasteiger partial charge >= 0.3 is 6.09 Å². The Morgan fingerprint density at radius 2 is 0.802 bits per heavy atom. The lowest BCUT2D eigenvalue weighted by Crippen LogP contribution is -2.42. The molecule has 0 unspecified atom stereocenters. The van der Waals surface area contributed by atoms with E-state index in [0.29, 0.717) is 69.4 Å². The molecule has 3 aliphatic rings. The first-order chi connectivity index (χ1) is 38.4. The fraction of sp³-hybridized carbons (Fsp3) is 0.500. The van der Waals surface area contributed by atoms with Crippen molar-refractivity contribution in [1.82, 2.24) is 27.4 Å². The molecule has 23 heteroatoms. The van der Waals surface area contributed by atoms with E-state index in [9.17, 15) is 38.5 Å². The van der Waals surface area contributed by atoms with Crippen LogP contribution >= 0.6 is 0 Å². The van der Waals surface area contributed by atoms with Crippen molar-refractivity contribution in [2.24, 2.45) is 0 Å². The Bertz CT molecular complexity index is 3100. The van der Waals surface area contributed by atoms with Gasteiger partial charge in [0.1, 0.15) is 0 Å². The van der Waals surface area contributed by atoms with Crippen LogP contribution < -0.4 is 15.1 Å². The maximum atomic E-state index is 13.8. The molecule has 448 valence electrons. The molecule has 81 heavy (non-hydrogen) atoms. The van der Waals surface area contributed by atoms with Gasteiger partial charge in [-0.05, 0) is 156 Å². The van der Waals surface area contributed by atoms with Crippen molar-refractivity contribution in [1.29, 1.82) is 0 Å². The molecule has 3 saturated heterocycles. The maximum absolute atomic E-state index is 13.8. The summed E-state index contributed by atoms with van der Waals surface area (Å²) in [5.74, 6) is 0. The first kappa shape index (κ1) is 66.6. The number of sulfonamides is 4. The van der Waals surface area contributed by atoms with E-state index in [1.165, 1.54) is 35.0 Å². The number of hydrogen-bond acceptors (Lipinski definition) is 14. The average Bonchev–Trinajstić information content (AvgIpc) is 4.06. The van der Waals surface area contributed by atoms with Gasteiger partial charge in [0.25, 0.3) is 0 Å². The van der Waals surface area contributed by atoms with Crippen molar-refractivity contribution in [3.63, 3.8) is 0 Å². The molecule has 4 aromatic rings. The Hall–Kier alpha value is -5.21. The summed E-state index contributed by atoms with van der Waals surface area (Å²) in [5.41, 5.74) is 4.66. The zero-order chi connectivity index (χ0) is 59.4. The SMILES string of the molecule is C1CCOC1.C=C1CN(S(=O)(=O)c2ccc(C)cc2)CCCN(C(=O)OCCC)CCCN(S(=O)(=O)c2ccc(N(C)C)cc2)C1.C=C1CN(S(=O)(=O)c2ccc(C)cc2)CCCNCCCN(S(=O)(=O)c2ccc(N(C)C)cc2)C1. The number of amides is 1. The van der Waals surface area contributed by atoms with Crippen LogP contribution in [0.3, 0.4) is 0 Å². The van der Waals surface area contributed by atoms with Gasteiger partial charge in [0.05, 0.1) is 26.2 Å². The zero-order valence-electron chi connectivity index (χ0n) is 48.5. The number of anilines is 2. The van der Waals surface area contributed by atoms with Crippen LogP contribution in [0.2, 0.25) is 0 Å². The Labute approximate surface area is 484 Å². The predicted molar refractivity (Wildman–Crippen MR) is 322 cm³/mol. The van der Waals surface area contributed by atoms with E-state index in [2.05, 4.69) is 18.5 Å². The summed E-state index contributed by atoms with van der Waals surface area (Å²) in [5, 5.41) is 3.29. The molecule has 0 saturated carbocycles. The molecule has 0 bridgehead atoms. The summed E-state index contributed by atoms with van der Waals surface area (Å²) >= 11 is 0. The smallest absolute Gasteiger partial charge is 0.409 e. The van der Waals surface area contributed by atoms with Crippen LogP contribution in [0, 0.1) is 13.8 Å². The second kappa shape index (κ2) is 31.5. The largest absolute Gasteiger partial charge is 0.449 e. The minimum Gasteiger partial charge on any atom is -0.449 e. The van der Waals surface area contributed by atoms with E-state index in [-0.39, 0.29) is 78.5 Å². The molecular weight excluding hydrogens is 1110 g/mol. The summed E-state index contributed by atoms with van der Waals surface area (Å²) in [6.07, 6.45) is 4.80. The van der Waals surface area contributed by atoms with E-state index in [0.717, 1.165) is 35.7 Å². The van der Waals surface area contributed by atoms with Crippen LogP contribution in [-0.4, -0.2) is 188 Å². The summed E-state index contributed by atoms with van der Waals surface area (Å²) in [4.78, 5) is 18.8. The molecule has 0 aromatic heterocycles.